The number of amides is 1. The first-order chi connectivity index (χ1) is 11.4. The van der Waals surface area contributed by atoms with Crippen molar-refractivity contribution in [3.63, 3.8) is 0 Å². The van der Waals surface area contributed by atoms with Crippen LogP contribution in [-0.2, 0) is 0 Å². The molecular weight excluding hydrogens is 397 g/mol. The number of nitrogens with one attached hydrogen (secondary N) is 1. The van der Waals surface area contributed by atoms with E-state index < -0.39 is 10.8 Å². The van der Waals surface area contributed by atoms with Gasteiger partial charge in [-0.15, -0.1) is 0 Å². The number of thiazole rings is 1. The minimum Gasteiger partial charge on any atom is -0.298 e. The summed E-state index contributed by atoms with van der Waals surface area (Å²) in [5.41, 5.74) is -0.0666. The molecule has 1 aromatic heterocycles. The lowest BCUT2D eigenvalue weighted by atomic mass is 10.1. The molecule has 0 radical (unpaired) electrons. The zero-order chi connectivity index (χ0) is 17.4. The van der Waals surface area contributed by atoms with Crippen LogP contribution < -0.4 is 5.32 Å². The highest BCUT2D eigenvalue weighted by Crippen LogP contribution is 2.36. The molecule has 0 aliphatic rings. The highest BCUT2D eigenvalue weighted by molar-refractivity contribution is 7.23. The van der Waals surface area contributed by atoms with Gasteiger partial charge in [-0.2, -0.15) is 0 Å². The summed E-state index contributed by atoms with van der Waals surface area (Å²) in [7, 11) is 0. The highest BCUT2D eigenvalue weighted by Gasteiger charge is 2.22. The number of fused-ring (bicyclic) bond motifs is 1. The second kappa shape index (κ2) is 6.52. The molecule has 6 nitrogen and oxygen atoms in total. The zero-order valence-electron chi connectivity index (χ0n) is 11.5. The summed E-state index contributed by atoms with van der Waals surface area (Å²) in [5, 5.41) is 14.8. The SMILES string of the molecule is O=C(Nc1nc2c(Cl)ccc(Cl)c2s1)c1cc(Cl)ccc1[N+](=O)[O-]. The van der Waals surface area contributed by atoms with Crippen LogP contribution in [0.25, 0.3) is 10.2 Å². The van der Waals surface area contributed by atoms with Gasteiger partial charge in [-0.3, -0.25) is 20.2 Å². The van der Waals surface area contributed by atoms with Crippen LogP contribution in [0.15, 0.2) is 30.3 Å². The van der Waals surface area contributed by atoms with E-state index in [4.69, 9.17) is 34.8 Å². The maximum Gasteiger partial charge on any atom is 0.282 e. The number of halogens is 3. The first-order valence-electron chi connectivity index (χ1n) is 6.36. The minimum absolute atomic E-state index is 0.163. The Morgan fingerprint density at radius 3 is 2.54 bits per heavy atom. The fraction of sp³-hybridized carbons (Fsp3) is 0. The van der Waals surface area contributed by atoms with Crippen molar-refractivity contribution in [1.29, 1.82) is 0 Å². The predicted octanol–water partition coefficient (Wildman–Crippen LogP) is 5.42. The van der Waals surface area contributed by atoms with Gasteiger partial charge in [0.05, 0.1) is 19.7 Å². The molecule has 122 valence electrons. The van der Waals surface area contributed by atoms with Gasteiger partial charge in [-0.25, -0.2) is 4.98 Å². The number of rotatable bonds is 3. The van der Waals surface area contributed by atoms with E-state index >= 15 is 0 Å². The molecule has 1 N–H and O–H groups in total. The third-order valence-corrected chi connectivity index (χ3v) is 5.04. The molecule has 0 atom stereocenters. The van der Waals surface area contributed by atoms with Crippen LogP contribution in [0.5, 0.6) is 0 Å². The smallest absolute Gasteiger partial charge is 0.282 e. The van der Waals surface area contributed by atoms with E-state index in [2.05, 4.69) is 10.3 Å². The Morgan fingerprint density at radius 2 is 1.88 bits per heavy atom. The lowest BCUT2D eigenvalue weighted by Crippen LogP contribution is -2.13. The van der Waals surface area contributed by atoms with Gasteiger partial charge in [-0.1, -0.05) is 46.1 Å². The van der Waals surface area contributed by atoms with E-state index in [-0.39, 0.29) is 21.4 Å². The zero-order valence-corrected chi connectivity index (χ0v) is 14.6. The molecule has 0 fully saturated rings. The molecule has 0 aliphatic carbocycles. The molecule has 0 unspecified atom stereocenters. The Balaban J connectivity index is 1.99. The first kappa shape index (κ1) is 16.9. The summed E-state index contributed by atoms with van der Waals surface area (Å²) < 4.78 is 0.611. The van der Waals surface area contributed by atoms with Gasteiger partial charge in [0, 0.05) is 11.1 Å². The number of nitro benzene ring substituents is 1. The van der Waals surface area contributed by atoms with Crippen LogP contribution in [0, 0.1) is 10.1 Å². The second-order valence-electron chi connectivity index (χ2n) is 4.60. The Hall–Kier alpha value is -1.93. The van der Waals surface area contributed by atoms with Gasteiger partial charge in [-0.05, 0) is 24.3 Å². The number of carbonyl (C=O) groups excluding carboxylic acids is 1. The summed E-state index contributed by atoms with van der Waals surface area (Å²) in [4.78, 5) is 27.0. The molecule has 24 heavy (non-hydrogen) atoms. The van der Waals surface area contributed by atoms with Crippen molar-refractivity contribution < 1.29 is 9.72 Å². The fourth-order valence-electron chi connectivity index (χ4n) is 2.01. The number of nitrogens with zero attached hydrogens (tertiary/aromatic N) is 2. The lowest BCUT2D eigenvalue weighted by molar-refractivity contribution is -0.385. The molecule has 3 aromatic rings. The van der Waals surface area contributed by atoms with Crippen molar-refractivity contribution >= 4 is 73.1 Å². The third kappa shape index (κ3) is 3.16. The molecule has 3 rings (SSSR count). The Kier molecular flexibility index (Phi) is 4.60. The lowest BCUT2D eigenvalue weighted by Gasteiger charge is -2.03. The first-order valence-corrected chi connectivity index (χ1v) is 8.31. The molecule has 0 spiro atoms. The largest absolute Gasteiger partial charge is 0.298 e. The molecule has 0 aliphatic heterocycles. The van der Waals surface area contributed by atoms with Crippen LogP contribution in [0.3, 0.4) is 0 Å². The Morgan fingerprint density at radius 1 is 1.17 bits per heavy atom. The monoisotopic (exact) mass is 401 g/mol. The maximum absolute atomic E-state index is 12.4. The second-order valence-corrected chi connectivity index (χ2v) is 6.85. The van der Waals surface area contributed by atoms with Gasteiger partial charge in [0.15, 0.2) is 5.13 Å². The maximum atomic E-state index is 12.4. The normalized spacial score (nSPS) is 10.8. The number of anilines is 1. The molecule has 2 aromatic carbocycles. The summed E-state index contributed by atoms with van der Waals surface area (Å²) in [6, 6.07) is 6.95. The number of hydrogen-bond donors (Lipinski definition) is 1. The molecule has 1 amide bonds. The minimum atomic E-state index is -0.699. The average molecular weight is 403 g/mol. The van der Waals surface area contributed by atoms with Crippen LogP contribution >= 0.6 is 46.1 Å². The van der Waals surface area contributed by atoms with Crippen molar-refractivity contribution in [1.82, 2.24) is 4.98 Å². The summed E-state index contributed by atoms with van der Waals surface area (Å²) in [6.45, 7) is 0. The van der Waals surface area contributed by atoms with E-state index in [0.717, 1.165) is 11.3 Å². The van der Waals surface area contributed by atoms with Crippen molar-refractivity contribution in [2.75, 3.05) is 5.32 Å². The molecule has 0 bridgehead atoms. The molecule has 1 heterocycles. The number of aromatic nitrogens is 1. The van der Waals surface area contributed by atoms with E-state index in [1.807, 2.05) is 0 Å². The van der Waals surface area contributed by atoms with Crippen molar-refractivity contribution in [3.05, 3.63) is 61.1 Å². The van der Waals surface area contributed by atoms with E-state index in [9.17, 15) is 14.9 Å². The van der Waals surface area contributed by atoms with Gasteiger partial charge in [0.25, 0.3) is 11.6 Å². The van der Waals surface area contributed by atoms with Crippen molar-refractivity contribution in [2.24, 2.45) is 0 Å². The van der Waals surface area contributed by atoms with Gasteiger partial charge >= 0.3 is 0 Å². The Bertz CT molecular complexity index is 951. The number of nitro groups is 1. The summed E-state index contributed by atoms with van der Waals surface area (Å²) in [6.07, 6.45) is 0. The van der Waals surface area contributed by atoms with Crippen LogP contribution in [0.1, 0.15) is 10.4 Å². The highest BCUT2D eigenvalue weighted by atomic mass is 35.5. The van der Waals surface area contributed by atoms with E-state index in [1.165, 1.54) is 18.2 Å². The predicted molar refractivity (Wildman–Crippen MR) is 95.7 cm³/mol. The molecule has 0 saturated carbocycles. The fourth-order valence-corrected chi connectivity index (χ4v) is 3.60. The van der Waals surface area contributed by atoms with E-state index in [0.29, 0.717) is 20.3 Å². The molecule has 0 saturated heterocycles. The number of hydrogen-bond acceptors (Lipinski definition) is 5. The van der Waals surface area contributed by atoms with Gasteiger partial charge < -0.3 is 0 Å². The van der Waals surface area contributed by atoms with Crippen LogP contribution in [-0.4, -0.2) is 15.8 Å². The third-order valence-electron chi connectivity index (χ3n) is 3.07. The van der Waals surface area contributed by atoms with Crippen molar-refractivity contribution in [3.8, 4) is 0 Å². The van der Waals surface area contributed by atoms with E-state index in [1.54, 1.807) is 12.1 Å². The average Bonchev–Trinajstić information content (AvgIpc) is 2.95. The van der Waals surface area contributed by atoms with Crippen molar-refractivity contribution in [2.45, 2.75) is 0 Å². The van der Waals surface area contributed by atoms with Crippen LogP contribution in [0.4, 0.5) is 10.8 Å². The topological polar surface area (TPSA) is 85.1 Å². The quantitative estimate of drug-likeness (QED) is 0.468. The van der Waals surface area contributed by atoms with Gasteiger partial charge in [0.1, 0.15) is 11.1 Å². The molecule has 10 heteroatoms. The number of carbonyl (C=O) groups is 1. The summed E-state index contributed by atoms with van der Waals surface area (Å²) >= 11 is 19.1. The van der Waals surface area contributed by atoms with Crippen LogP contribution in [0.2, 0.25) is 15.1 Å². The molecular formula is C14H6Cl3N3O3S. The summed E-state index contributed by atoms with van der Waals surface area (Å²) in [5.74, 6) is -0.699. The number of benzene rings is 2. The van der Waals surface area contributed by atoms with Gasteiger partial charge in [0.2, 0.25) is 0 Å². The Labute approximate surface area is 154 Å². The standard InChI is InChI=1S/C14H6Cl3N3O3S/c15-6-1-4-10(20(22)23)7(5-6)13(21)19-14-18-11-8(16)2-3-9(17)12(11)24-14/h1-5H,(H,18,19,21).